The second-order valence-electron chi connectivity index (χ2n) is 7.78. The fourth-order valence-electron chi connectivity index (χ4n) is 3.04. The van der Waals surface area contributed by atoms with E-state index in [1.807, 2.05) is 20.8 Å². The Bertz CT molecular complexity index is 1250. The van der Waals surface area contributed by atoms with Crippen LogP contribution in [0, 0.1) is 6.92 Å². The van der Waals surface area contributed by atoms with Gasteiger partial charge in [0.25, 0.3) is 21.8 Å². The number of hydrogen-bond donors (Lipinski definition) is 3. The molecule has 3 N–H and O–H groups in total. The smallest absolute Gasteiger partial charge is 0.261 e. The summed E-state index contributed by atoms with van der Waals surface area (Å²) in [5.41, 5.74) is 2.17. The molecule has 7 nitrogen and oxygen atoms in total. The average molecular weight is 466 g/mol. The predicted octanol–water partition coefficient (Wildman–Crippen LogP) is 4.58. The van der Waals surface area contributed by atoms with Gasteiger partial charge in [0.1, 0.15) is 0 Å². The van der Waals surface area contributed by atoms with Crippen LogP contribution in [-0.4, -0.2) is 26.3 Å². The van der Waals surface area contributed by atoms with Crippen molar-refractivity contribution < 1.29 is 18.0 Å². The highest BCUT2D eigenvalue weighted by molar-refractivity contribution is 7.92. The van der Waals surface area contributed by atoms with E-state index in [1.165, 1.54) is 18.2 Å². The van der Waals surface area contributed by atoms with Gasteiger partial charge in [-0.1, -0.05) is 42.8 Å². The van der Waals surface area contributed by atoms with Crippen molar-refractivity contribution in [2.24, 2.45) is 0 Å². The molecule has 2 amide bonds. The zero-order chi connectivity index (χ0) is 24.0. The molecule has 0 spiro atoms. The highest BCUT2D eigenvalue weighted by atomic mass is 32.2. The van der Waals surface area contributed by atoms with Crippen LogP contribution in [0.3, 0.4) is 0 Å². The lowest BCUT2D eigenvalue weighted by Gasteiger charge is -2.15. The van der Waals surface area contributed by atoms with Gasteiger partial charge in [-0.2, -0.15) is 0 Å². The number of carbonyl (C=O) groups excluding carboxylic acids is 2. The lowest BCUT2D eigenvalue weighted by Crippen LogP contribution is -2.32. The number of para-hydroxylation sites is 1. The minimum atomic E-state index is -3.80. The monoisotopic (exact) mass is 465 g/mol. The summed E-state index contributed by atoms with van der Waals surface area (Å²) < 4.78 is 27.8. The standard InChI is InChI=1S/C25H27N3O4S/c1-4-18(3)26-25(30)22-10-5-6-11-23(22)27-24(29)19-8-7-9-20(16-19)28-33(31,32)21-14-12-17(2)13-15-21/h5-16,18,28H,4H2,1-3H3,(H,26,30)(H,27,29)/t18-/m1/s1. The van der Waals surface area contributed by atoms with Crippen molar-refractivity contribution in [2.45, 2.75) is 38.1 Å². The van der Waals surface area contributed by atoms with Gasteiger partial charge in [0.05, 0.1) is 16.1 Å². The molecule has 3 aromatic carbocycles. The van der Waals surface area contributed by atoms with E-state index in [0.29, 0.717) is 11.3 Å². The largest absolute Gasteiger partial charge is 0.350 e. The Morgan fingerprint density at radius 2 is 1.61 bits per heavy atom. The van der Waals surface area contributed by atoms with Crippen LogP contribution in [0.2, 0.25) is 0 Å². The molecule has 172 valence electrons. The number of aryl methyl sites for hydroxylation is 1. The molecule has 0 aliphatic heterocycles. The van der Waals surface area contributed by atoms with Crippen molar-refractivity contribution in [1.29, 1.82) is 0 Å². The van der Waals surface area contributed by atoms with Gasteiger partial charge in [-0.3, -0.25) is 14.3 Å². The average Bonchev–Trinajstić information content (AvgIpc) is 2.79. The number of nitrogens with one attached hydrogen (secondary N) is 3. The zero-order valence-corrected chi connectivity index (χ0v) is 19.6. The Kier molecular flexibility index (Phi) is 7.50. The molecular weight excluding hydrogens is 438 g/mol. The van der Waals surface area contributed by atoms with Crippen LogP contribution in [0.1, 0.15) is 46.5 Å². The fraction of sp³-hybridized carbons (Fsp3) is 0.200. The molecular formula is C25H27N3O4S. The van der Waals surface area contributed by atoms with E-state index in [-0.39, 0.29) is 28.1 Å². The molecule has 8 heteroatoms. The predicted molar refractivity (Wildman–Crippen MR) is 130 cm³/mol. The maximum Gasteiger partial charge on any atom is 0.261 e. The van der Waals surface area contributed by atoms with E-state index in [1.54, 1.807) is 54.6 Å². The second-order valence-corrected chi connectivity index (χ2v) is 9.46. The first-order valence-corrected chi connectivity index (χ1v) is 12.1. The summed E-state index contributed by atoms with van der Waals surface area (Å²) in [6, 6.07) is 19.4. The number of sulfonamides is 1. The topological polar surface area (TPSA) is 104 Å². The summed E-state index contributed by atoms with van der Waals surface area (Å²) in [5.74, 6) is -0.741. The molecule has 3 rings (SSSR count). The molecule has 3 aromatic rings. The highest BCUT2D eigenvalue weighted by Crippen LogP contribution is 2.20. The van der Waals surface area contributed by atoms with Gasteiger partial charge in [-0.05, 0) is 62.7 Å². The summed E-state index contributed by atoms with van der Waals surface area (Å²) in [6.45, 7) is 5.75. The molecule has 0 saturated heterocycles. The minimum absolute atomic E-state index is 0.000470. The number of carbonyl (C=O) groups is 2. The lowest BCUT2D eigenvalue weighted by molar-refractivity contribution is 0.0940. The maximum absolute atomic E-state index is 12.9. The van der Waals surface area contributed by atoms with E-state index < -0.39 is 15.9 Å². The SMILES string of the molecule is CC[C@@H](C)NC(=O)c1ccccc1NC(=O)c1cccc(NS(=O)(=O)c2ccc(C)cc2)c1. The van der Waals surface area contributed by atoms with Crippen molar-refractivity contribution >= 4 is 33.2 Å². The van der Waals surface area contributed by atoms with Gasteiger partial charge in [-0.15, -0.1) is 0 Å². The van der Waals surface area contributed by atoms with Gasteiger partial charge in [0.2, 0.25) is 0 Å². The Hall–Kier alpha value is -3.65. The van der Waals surface area contributed by atoms with Crippen LogP contribution >= 0.6 is 0 Å². The number of rotatable bonds is 8. The van der Waals surface area contributed by atoms with E-state index in [2.05, 4.69) is 15.4 Å². The first-order chi connectivity index (χ1) is 15.7. The number of benzene rings is 3. The van der Waals surface area contributed by atoms with Crippen molar-refractivity contribution in [2.75, 3.05) is 10.0 Å². The second kappa shape index (κ2) is 10.3. The first kappa shape index (κ1) is 24.0. The third-order valence-electron chi connectivity index (χ3n) is 5.12. The van der Waals surface area contributed by atoms with E-state index in [9.17, 15) is 18.0 Å². The van der Waals surface area contributed by atoms with E-state index in [0.717, 1.165) is 12.0 Å². The Labute approximate surface area is 194 Å². The number of anilines is 2. The summed E-state index contributed by atoms with van der Waals surface area (Å²) in [6.07, 6.45) is 0.783. The van der Waals surface area contributed by atoms with Gasteiger partial charge < -0.3 is 10.6 Å². The molecule has 0 bridgehead atoms. The molecule has 0 heterocycles. The molecule has 0 aromatic heterocycles. The number of amides is 2. The summed E-state index contributed by atoms with van der Waals surface area (Å²) >= 11 is 0. The van der Waals surface area contributed by atoms with Crippen molar-refractivity contribution in [3.05, 3.63) is 89.5 Å². The molecule has 33 heavy (non-hydrogen) atoms. The molecule has 0 saturated carbocycles. The minimum Gasteiger partial charge on any atom is -0.350 e. The van der Waals surface area contributed by atoms with Gasteiger partial charge in [0, 0.05) is 17.3 Å². The van der Waals surface area contributed by atoms with Crippen molar-refractivity contribution in [3.8, 4) is 0 Å². The van der Waals surface area contributed by atoms with Crippen LogP contribution in [0.5, 0.6) is 0 Å². The molecule has 0 aliphatic carbocycles. The van der Waals surface area contributed by atoms with Crippen LogP contribution in [-0.2, 0) is 10.0 Å². The summed E-state index contributed by atoms with van der Waals surface area (Å²) in [7, 11) is -3.80. The van der Waals surface area contributed by atoms with Crippen LogP contribution < -0.4 is 15.4 Å². The fourth-order valence-corrected chi connectivity index (χ4v) is 4.09. The first-order valence-electron chi connectivity index (χ1n) is 10.6. The molecule has 0 fully saturated rings. The Balaban J connectivity index is 1.78. The van der Waals surface area contributed by atoms with Crippen molar-refractivity contribution in [3.63, 3.8) is 0 Å². The molecule has 1 atom stereocenters. The van der Waals surface area contributed by atoms with Gasteiger partial charge in [-0.25, -0.2) is 8.42 Å². The molecule has 0 aliphatic rings. The maximum atomic E-state index is 12.9. The van der Waals surface area contributed by atoms with E-state index in [4.69, 9.17) is 0 Å². The lowest BCUT2D eigenvalue weighted by atomic mass is 10.1. The molecule has 0 unspecified atom stereocenters. The number of hydrogen-bond acceptors (Lipinski definition) is 4. The third-order valence-corrected chi connectivity index (χ3v) is 6.52. The Morgan fingerprint density at radius 3 is 2.30 bits per heavy atom. The normalized spacial score (nSPS) is 12.0. The third kappa shape index (κ3) is 6.20. The van der Waals surface area contributed by atoms with Gasteiger partial charge in [0.15, 0.2) is 0 Å². The summed E-state index contributed by atoms with van der Waals surface area (Å²) in [5, 5.41) is 5.64. The van der Waals surface area contributed by atoms with Crippen LogP contribution in [0.25, 0.3) is 0 Å². The van der Waals surface area contributed by atoms with Crippen LogP contribution in [0.15, 0.2) is 77.7 Å². The zero-order valence-electron chi connectivity index (χ0n) is 18.8. The van der Waals surface area contributed by atoms with Crippen molar-refractivity contribution in [1.82, 2.24) is 5.32 Å². The highest BCUT2D eigenvalue weighted by Gasteiger charge is 2.17. The van der Waals surface area contributed by atoms with Gasteiger partial charge >= 0.3 is 0 Å². The molecule has 0 radical (unpaired) electrons. The quantitative estimate of drug-likeness (QED) is 0.453. The summed E-state index contributed by atoms with van der Waals surface area (Å²) in [4.78, 5) is 25.6. The Morgan fingerprint density at radius 1 is 0.909 bits per heavy atom. The van der Waals surface area contributed by atoms with Crippen LogP contribution in [0.4, 0.5) is 11.4 Å². The van der Waals surface area contributed by atoms with E-state index >= 15 is 0 Å².